The summed E-state index contributed by atoms with van der Waals surface area (Å²) < 4.78 is 4.79. The Bertz CT molecular complexity index is 167. The number of thioether (sulfide) groups is 1. The highest BCUT2D eigenvalue weighted by Gasteiger charge is 2.13. The molecule has 0 fully saturated rings. The molecular formula is C10H21NO3S. The summed E-state index contributed by atoms with van der Waals surface area (Å²) in [4.78, 5) is 11.1. The Labute approximate surface area is 95.6 Å². The molecule has 0 rings (SSSR count). The standard InChI is InChI=1S/C10H21NO3S/c1-2-14-10(13)9(11)5-8-15-7-4-3-6-12/h9,12H,2-8,11H2,1H3. The smallest absolute Gasteiger partial charge is 0.322 e. The molecule has 3 N–H and O–H groups in total. The third-order valence-electron chi connectivity index (χ3n) is 1.86. The number of esters is 1. The number of nitrogens with two attached hydrogens (primary N) is 1. The first-order chi connectivity index (χ1) is 7.22. The van der Waals surface area contributed by atoms with Gasteiger partial charge in [0, 0.05) is 6.61 Å². The van der Waals surface area contributed by atoms with Gasteiger partial charge in [0.1, 0.15) is 6.04 Å². The van der Waals surface area contributed by atoms with Crippen molar-refractivity contribution in [1.82, 2.24) is 0 Å². The van der Waals surface area contributed by atoms with E-state index in [0.29, 0.717) is 13.0 Å². The fourth-order valence-corrected chi connectivity index (χ4v) is 2.03. The summed E-state index contributed by atoms with van der Waals surface area (Å²) in [6.07, 6.45) is 2.51. The lowest BCUT2D eigenvalue weighted by molar-refractivity contribution is -0.144. The predicted octanol–water partition coefficient (Wildman–Crippen LogP) is 0.773. The molecule has 5 heteroatoms. The summed E-state index contributed by atoms with van der Waals surface area (Å²) in [6.45, 7) is 2.41. The minimum atomic E-state index is -0.490. The SMILES string of the molecule is CCOC(=O)C(N)CCSCCCCO. The van der Waals surface area contributed by atoms with Crippen LogP contribution >= 0.6 is 11.8 Å². The van der Waals surface area contributed by atoms with Crippen LogP contribution in [0.5, 0.6) is 0 Å². The fourth-order valence-electron chi connectivity index (χ4n) is 0.995. The molecule has 4 nitrogen and oxygen atoms in total. The van der Waals surface area contributed by atoms with Gasteiger partial charge in [-0.3, -0.25) is 4.79 Å². The average Bonchev–Trinajstić information content (AvgIpc) is 2.23. The Hall–Kier alpha value is -0.260. The predicted molar refractivity (Wildman–Crippen MR) is 62.9 cm³/mol. The number of hydrogen-bond donors (Lipinski definition) is 2. The molecule has 0 saturated heterocycles. The lowest BCUT2D eigenvalue weighted by atomic mass is 10.2. The van der Waals surface area contributed by atoms with Crippen molar-refractivity contribution < 1.29 is 14.6 Å². The summed E-state index contributed by atoms with van der Waals surface area (Å²) >= 11 is 1.76. The van der Waals surface area contributed by atoms with Crippen LogP contribution in [0.1, 0.15) is 26.2 Å². The number of aliphatic hydroxyl groups is 1. The number of ether oxygens (including phenoxy) is 1. The molecule has 0 aliphatic heterocycles. The lowest BCUT2D eigenvalue weighted by Gasteiger charge is -2.09. The quantitative estimate of drug-likeness (QED) is 0.456. The van der Waals surface area contributed by atoms with Crippen molar-refractivity contribution >= 4 is 17.7 Å². The lowest BCUT2D eigenvalue weighted by Crippen LogP contribution is -2.32. The summed E-state index contributed by atoms with van der Waals surface area (Å²) in [5.41, 5.74) is 5.62. The number of carbonyl (C=O) groups is 1. The molecule has 90 valence electrons. The molecular weight excluding hydrogens is 214 g/mol. The number of carbonyl (C=O) groups excluding carboxylic acids is 1. The maximum absolute atomic E-state index is 11.1. The van der Waals surface area contributed by atoms with Gasteiger partial charge in [0.05, 0.1) is 6.61 Å². The number of unbranched alkanes of at least 4 members (excludes halogenated alkanes) is 1. The van der Waals surface area contributed by atoms with E-state index in [1.54, 1.807) is 18.7 Å². The topological polar surface area (TPSA) is 72.5 Å². The molecule has 0 aromatic carbocycles. The van der Waals surface area contributed by atoms with E-state index >= 15 is 0 Å². The van der Waals surface area contributed by atoms with Gasteiger partial charge in [-0.1, -0.05) is 0 Å². The molecule has 1 unspecified atom stereocenters. The molecule has 1 atom stereocenters. The fraction of sp³-hybridized carbons (Fsp3) is 0.900. The van der Waals surface area contributed by atoms with Crippen molar-refractivity contribution in [2.75, 3.05) is 24.7 Å². The van der Waals surface area contributed by atoms with Gasteiger partial charge in [-0.15, -0.1) is 0 Å². The van der Waals surface area contributed by atoms with Crippen molar-refractivity contribution in [2.45, 2.75) is 32.2 Å². The van der Waals surface area contributed by atoms with Gasteiger partial charge < -0.3 is 15.6 Å². The van der Waals surface area contributed by atoms with Crippen LogP contribution in [-0.4, -0.2) is 41.8 Å². The normalized spacial score (nSPS) is 12.5. The molecule has 0 aliphatic rings. The van der Waals surface area contributed by atoms with E-state index in [1.165, 1.54) is 0 Å². The second-order valence-electron chi connectivity index (χ2n) is 3.19. The van der Waals surface area contributed by atoms with Crippen LogP contribution in [0, 0.1) is 0 Å². The monoisotopic (exact) mass is 235 g/mol. The van der Waals surface area contributed by atoms with Crippen molar-refractivity contribution in [1.29, 1.82) is 0 Å². The Morgan fingerprint density at radius 2 is 2.20 bits per heavy atom. The second kappa shape index (κ2) is 10.3. The molecule has 0 radical (unpaired) electrons. The van der Waals surface area contributed by atoms with Gasteiger partial charge in [-0.2, -0.15) is 11.8 Å². The number of aliphatic hydroxyl groups excluding tert-OH is 1. The van der Waals surface area contributed by atoms with Crippen molar-refractivity contribution in [3.63, 3.8) is 0 Å². The highest BCUT2D eigenvalue weighted by Crippen LogP contribution is 2.07. The average molecular weight is 235 g/mol. The minimum absolute atomic E-state index is 0.253. The molecule has 0 amide bonds. The summed E-state index contributed by atoms with van der Waals surface area (Å²) in [5.74, 6) is 1.56. The Kier molecular flexibility index (Phi) is 10.1. The molecule has 15 heavy (non-hydrogen) atoms. The van der Waals surface area contributed by atoms with Gasteiger partial charge in [0.15, 0.2) is 0 Å². The van der Waals surface area contributed by atoms with E-state index in [4.69, 9.17) is 15.6 Å². The molecule has 0 aromatic rings. The van der Waals surface area contributed by atoms with Gasteiger partial charge in [-0.25, -0.2) is 0 Å². The molecule has 0 heterocycles. The Morgan fingerprint density at radius 3 is 2.80 bits per heavy atom. The largest absolute Gasteiger partial charge is 0.465 e. The van der Waals surface area contributed by atoms with Crippen LogP contribution in [-0.2, 0) is 9.53 Å². The van der Waals surface area contributed by atoms with E-state index in [-0.39, 0.29) is 12.6 Å². The van der Waals surface area contributed by atoms with E-state index in [0.717, 1.165) is 24.3 Å². The molecule has 0 bridgehead atoms. The van der Waals surface area contributed by atoms with Gasteiger partial charge in [0.2, 0.25) is 0 Å². The summed E-state index contributed by atoms with van der Waals surface area (Å²) in [7, 11) is 0. The van der Waals surface area contributed by atoms with Gasteiger partial charge in [0.25, 0.3) is 0 Å². The molecule has 0 saturated carbocycles. The first-order valence-electron chi connectivity index (χ1n) is 5.33. The molecule has 0 aromatic heterocycles. The van der Waals surface area contributed by atoms with Crippen molar-refractivity contribution in [2.24, 2.45) is 5.73 Å². The minimum Gasteiger partial charge on any atom is -0.465 e. The molecule has 0 aliphatic carbocycles. The van der Waals surface area contributed by atoms with Gasteiger partial charge >= 0.3 is 5.97 Å². The van der Waals surface area contributed by atoms with Crippen LogP contribution < -0.4 is 5.73 Å². The highest BCUT2D eigenvalue weighted by atomic mass is 32.2. The zero-order chi connectivity index (χ0) is 11.5. The maximum Gasteiger partial charge on any atom is 0.322 e. The van der Waals surface area contributed by atoms with Gasteiger partial charge in [-0.05, 0) is 37.7 Å². The zero-order valence-corrected chi connectivity index (χ0v) is 10.1. The second-order valence-corrected chi connectivity index (χ2v) is 4.42. The first-order valence-corrected chi connectivity index (χ1v) is 6.48. The van der Waals surface area contributed by atoms with Crippen LogP contribution in [0.25, 0.3) is 0 Å². The number of hydrogen-bond acceptors (Lipinski definition) is 5. The maximum atomic E-state index is 11.1. The van der Waals surface area contributed by atoms with Crippen LogP contribution in [0.2, 0.25) is 0 Å². The van der Waals surface area contributed by atoms with E-state index in [2.05, 4.69) is 0 Å². The summed E-state index contributed by atoms with van der Waals surface area (Å²) in [6, 6.07) is -0.490. The van der Waals surface area contributed by atoms with Crippen molar-refractivity contribution in [3.8, 4) is 0 Å². The third kappa shape index (κ3) is 8.72. The van der Waals surface area contributed by atoms with E-state index in [1.807, 2.05) is 0 Å². The summed E-state index contributed by atoms with van der Waals surface area (Å²) in [5, 5.41) is 8.55. The Morgan fingerprint density at radius 1 is 1.47 bits per heavy atom. The third-order valence-corrected chi connectivity index (χ3v) is 2.96. The van der Waals surface area contributed by atoms with Crippen LogP contribution in [0.4, 0.5) is 0 Å². The van der Waals surface area contributed by atoms with Crippen molar-refractivity contribution in [3.05, 3.63) is 0 Å². The first kappa shape index (κ1) is 14.7. The zero-order valence-electron chi connectivity index (χ0n) is 9.28. The van der Waals surface area contributed by atoms with E-state index in [9.17, 15) is 4.79 Å². The number of rotatable bonds is 9. The van der Waals surface area contributed by atoms with E-state index < -0.39 is 6.04 Å². The van der Waals surface area contributed by atoms with Crippen LogP contribution in [0.3, 0.4) is 0 Å². The molecule has 0 spiro atoms. The highest BCUT2D eigenvalue weighted by molar-refractivity contribution is 7.99. The Balaban J connectivity index is 3.30. The van der Waals surface area contributed by atoms with Crippen LogP contribution in [0.15, 0.2) is 0 Å².